The summed E-state index contributed by atoms with van der Waals surface area (Å²) in [5.74, 6) is 0. The second-order valence-electron chi connectivity index (χ2n) is 6.25. The van der Waals surface area contributed by atoms with Gasteiger partial charge in [-0.3, -0.25) is 4.72 Å². The molecule has 0 saturated heterocycles. The highest BCUT2D eigenvalue weighted by atomic mass is 32.2. The SMILES string of the molecule is Cc1ccc(C=Cc2ccccc2NS(=O)(=O)c2ccc(C)cc2)cc1. The van der Waals surface area contributed by atoms with E-state index in [2.05, 4.69) is 4.72 Å². The lowest BCUT2D eigenvalue weighted by Crippen LogP contribution is -2.13. The van der Waals surface area contributed by atoms with Crippen molar-refractivity contribution in [1.29, 1.82) is 0 Å². The monoisotopic (exact) mass is 363 g/mol. The van der Waals surface area contributed by atoms with E-state index in [0.29, 0.717) is 5.69 Å². The summed E-state index contributed by atoms with van der Waals surface area (Å²) in [5.41, 5.74) is 4.64. The van der Waals surface area contributed by atoms with Gasteiger partial charge in [-0.1, -0.05) is 77.9 Å². The Morgan fingerprint density at radius 1 is 0.731 bits per heavy atom. The van der Waals surface area contributed by atoms with E-state index in [1.807, 2.05) is 68.5 Å². The molecule has 3 aromatic carbocycles. The first-order chi connectivity index (χ1) is 12.4. The normalized spacial score (nSPS) is 11.6. The summed E-state index contributed by atoms with van der Waals surface area (Å²) in [4.78, 5) is 0.250. The number of rotatable bonds is 5. The van der Waals surface area contributed by atoms with E-state index in [1.165, 1.54) is 5.56 Å². The maximum atomic E-state index is 12.6. The van der Waals surface area contributed by atoms with Gasteiger partial charge in [-0.25, -0.2) is 8.42 Å². The third kappa shape index (κ3) is 4.41. The first kappa shape index (κ1) is 18.0. The molecule has 4 heteroatoms. The molecule has 0 heterocycles. The summed E-state index contributed by atoms with van der Waals surface area (Å²) in [6.07, 6.45) is 3.89. The molecule has 0 spiro atoms. The van der Waals surface area contributed by atoms with Crippen LogP contribution in [0.1, 0.15) is 22.3 Å². The number of hydrogen-bond acceptors (Lipinski definition) is 2. The second kappa shape index (κ2) is 7.58. The molecule has 3 aromatic rings. The Balaban J connectivity index is 1.87. The second-order valence-corrected chi connectivity index (χ2v) is 7.93. The molecule has 0 saturated carbocycles. The first-order valence-electron chi connectivity index (χ1n) is 8.37. The maximum absolute atomic E-state index is 12.6. The standard InChI is InChI=1S/C22H21NO2S/c1-17-7-11-19(12-8-17)13-14-20-5-3-4-6-22(20)23-26(24,25)21-15-9-18(2)10-16-21/h3-16,23H,1-2H3. The smallest absolute Gasteiger partial charge is 0.261 e. The molecule has 26 heavy (non-hydrogen) atoms. The molecule has 0 aliphatic heterocycles. The third-order valence-corrected chi connectivity index (χ3v) is 5.45. The van der Waals surface area contributed by atoms with Crippen molar-refractivity contribution >= 4 is 27.9 Å². The number of nitrogens with one attached hydrogen (secondary N) is 1. The minimum Gasteiger partial charge on any atom is -0.279 e. The van der Waals surface area contributed by atoms with Gasteiger partial charge in [0.25, 0.3) is 10.0 Å². The zero-order valence-corrected chi connectivity index (χ0v) is 15.6. The predicted octanol–water partition coefficient (Wildman–Crippen LogP) is 5.27. The van der Waals surface area contributed by atoms with Gasteiger partial charge in [0.15, 0.2) is 0 Å². The fraction of sp³-hybridized carbons (Fsp3) is 0.0909. The lowest BCUT2D eigenvalue weighted by atomic mass is 10.1. The molecule has 0 aliphatic rings. The third-order valence-electron chi connectivity index (χ3n) is 4.07. The number of hydrogen-bond donors (Lipinski definition) is 1. The van der Waals surface area contributed by atoms with Crippen LogP contribution in [0.4, 0.5) is 5.69 Å². The van der Waals surface area contributed by atoms with Crippen molar-refractivity contribution in [1.82, 2.24) is 0 Å². The molecular formula is C22H21NO2S. The average Bonchev–Trinajstić information content (AvgIpc) is 2.62. The summed E-state index contributed by atoms with van der Waals surface area (Å²) in [5, 5.41) is 0. The molecule has 0 fully saturated rings. The van der Waals surface area contributed by atoms with Crippen LogP contribution in [0.3, 0.4) is 0 Å². The van der Waals surface area contributed by atoms with Crippen molar-refractivity contribution in [3.63, 3.8) is 0 Å². The number of anilines is 1. The van der Waals surface area contributed by atoms with Gasteiger partial charge in [0, 0.05) is 0 Å². The van der Waals surface area contributed by atoms with Crippen LogP contribution in [0.5, 0.6) is 0 Å². The Kier molecular flexibility index (Phi) is 5.24. The molecule has 1 N–H and O–H groups in total. The lowest BCUT2D eigenvalue weighted by molar-refractivity contribution is 0.601. The van der Waals surface area contributed by atoms with Crippen LogP contribution in [0.15, 0.2) is 77.7 Å². The highest BCUT2D eigenvalue weighted by Crippen LogP contribution is 2.22. The largest absolute Gasteiger partial charge is 0.279 e. The van der Waals surface area contributed by atoms with E-state index in [-0.39, 0.29) is 4.90 Å². The maximum Gasteiger partial charge on any atom is 0.261 e. The van der Waals surface area contributed by atoms with Gasteiger partial charge in [-0.2, -0.15) is 0 Å². The minimum absolute atomic E-state index is 0.250. The zero-order chi connectivity index (χ0) is 18.6. The molecular weight excluding hydrogens is 342 g/mol. The van der Waals surface area contributed by atoms with Gasteiger partial charge < -0.3 is 0 Å². The number of sulfonamides is 1. The van der Waals surface area contributed by atoms with E-state index in [4.69, 9.17) is 0 Å². The van der Waals surface area contributed by atoms with E-state index in [0.717, 1.165) is 16.7 Å². The van der Waals surface area contributed by atoms with Crippen LogP contribution in [0.2, 0.25) is 0 Å². The van der Waals surface area contributed by atoms with Crippen molar-refractivity contribution in [2.45, 2.75) is 18.7 Å². The Labute approximate surface area is 155 Å². The molecule has 0 aliphatic carbocycles. The van der Waals surface area contributed by atoms with E-state index < -0.39 is 10.0 Å². The van der Waals surface area contributed by atoms with Crippen LogP contribution in [-0.4, -0.2) is 8.42 Å². The predicted molar refractivity (Wildman–Crippen MR) is 109 cm³/mol. The summed E-state index contributed by atoms with van der Waals surface area (Å²) >= 11 is 0. The molecule has 0 aromatic heterocycles. The highest BCUT2D eigenvalue weighted by Gasteiger charge is 2.14. The number of aryl methyl sites for hydroxylation is 2. The topological polar surface area (TPSA) is 46.2 Å². The highest BCUT2D eigenvalue weighted by molar-refractivity contribution is 7.92. The van der Waals surface area contributed by atoms with Crippen LogP contribution in [-0.2, 0) is 10.0 Å². The number of para-hydroxylation sites is 1. The molecule has 0 unspecified atom stereocenters. The van der Waals surface area contributed by atoms with E-state index >= 15 is 0 Å². The van der Waals surface area contributed by atoms with Crippen LogP contribution in [0.25, 0.3) is 12.2 Å². The molecule has 3 rings (SSSR count). The van der Waals surface area contributed by atoms with Gasteiger partial charge in [-0.15, -0.1) is 0 Å². The first-order valence-corrected chi connectivity index (χ1v) is 9.86. The molecule has 3 nitrogen and oxygen atoms in total. The van der Waals surface area contributed by atoms with Crippen molar-refractivity contribution in [3.8, 4) is 0 Å². The Morgan fingerprint density at radius 2 is 1.31 bits per heavy atom. The summed E-state index contributed by atoms with van der Waals surface area (Å²) in [6.45, 7) is 3.97. The van der Waals surface area contributed by atoms with E-state index in [9.17, 15) is 8.42 Å². The van der Waals surface area contributed by atoms with Crippen molar-refractivity contribution in [3.05, 3.63) is 95.1 Å². The van der Waals surface area contributed by atoms with Gasteiger partial charge in [0.2, 0.25) is 0 Å². The fourth-order valence-electron chi connectivity index (χ4n) is 2.52. The van der Waals surface area contributed by atoms with Gasteiger partial charge in [0.05, 0.1) is 10.6 Å². The Morgan fingerprint density at radius 3 is 1.96 bits per heavy atom. The van der Waals surface area contributed by atoms with Gasteiger partial charge in [0.1, 0.15) is 0 Å². The molecule has 0 amide bonds. The average molecular weight is 363 g/mol. The van der Waals surface area contributed by atoms with Gasteiger partial charge in [-0.05, 0) is 43.2 Å². The fourth-order valence-corrected chi connectivity index (χ4v) is 3.61. The van der Waals surface area contributed by atoms with Crippen molar-refractivity contribution in [2.24, 2.45) is 0 Å². The van der Waals surface area contributed by atoms with Crippen LogP contribution >= 0.6 is 0 Å². The van der Waals surface area contributed by atoms with Crippen molar-refractivity contribution < 1.29 is 8.42 Å². The summed E-state index contributed by atoms with van der Waals surface area (Å²) in [6, 6.07) is 22.3. The minimum atomic E-state index is -3.63. The molecule has 0 bridgehead atoms. The molecule has 0 radical (unpaired) electrons. The van der Waals surface area contributed by atoms with Crippen molar-refractivity contribution in [2.75, 3.05) is 4.72 Å². The van der Waals surface area contributed by atoms with Gasteiger partial charge >= 0.3 is 0 Å². The molecule has 132 valence electrons. The zero-order valence-electron chi connectivity index (χ0n) is 14.8. The summed E-state index contributed by atoms with van der Waals surface area (Å²) in [7, 11) is -3.63. The van der Waals surface area contributed by atoms with Crippen LogP contribution < -0.4 is 4.72 Å². The lowest BCUT2D eigenvalue weighted by Gasteiger charge is -2.11. The van der Waals surface area contributed by atoms with E-state index in [1.54, 1.807) is 30.3 Å². The summed E-state index contributed by atoms with van der Waals surface area (Å²) < 4.78 is 28.0. The Hall–Kier alpha value is -2.85. The Bertz CT molecular complexity index is 1020. The van der Waals surface area contributed by atoms with Crippen LogP contribution in [0, 0.1) is 13.8 Å². The number of benzene rings is 3. The molecule has 0 atom stereocenters. The quantitative estimate of drug-likeness (QED) is 0.627.